The molecule has 1 aromatic heterocycles. The zero-order valence-electron chi connectivity index (χ0n) is 5.11. The minimum absolute atomic E-state index is 0.567. The summed E-state index contributed by atoms with van der Waals surface area (Å²) in [5.74, 6) is 0. The van der Waals surface area contributed by atoms with Gasteiger partial charge in [0.25, 0.3) is 0 Å². The predicted molar refractivity (Wildman–Crippen MR) is 37.8 cm³/mol. The van der Waals surface area contributed by atoms with Crippen LogP contribution in [-0.2, 0) is 0 Å². The number of nitrogens with one attached hydrogen (secondary N) is 2. The first kappa shape index (κ1) is 6.42. The summed E-state index contributed by atoms with van der Waals surface area (Å²) in [6, 6.07) is 0. The van der Waals surface area contributed by atoms with Gasteiger partial charge >= 0.3 is 0 Å². The molecule has 0 atom stereocenters. The molecule has 9 heavy (non-hydrogen) atoms. The van der Waals surface area contributed by atoms with E-state index in [2.05, 4.69) is 15.5 Å². The number of anilines is 1. The Bertz CT molecular complexity index is 184. The smallest absolute Gasteiger partial charge is 0.147 e. The van der Waals surface area contributed by atoms with Gasteiger partial charge in [-0.3, -0.25) is 5.10 Å². The monoisotopic (exact) mass is 145 g/mol. The number of aromatic nitrogens is 2. The van der Waals surface area contributed by atoms with Crippen LogP contribution in [0.2, 0.25) is 5.15 Å². The zero-order chi connectivity index (χ0) is 6.69. The number of hydrogen-bond acceptors (Lipinski definition) is 2. The van der Waals surface area contributed by atoms with Gasteiger partial charge in [0, 0.05) is 6.54 Å². The molecular weight excluding hydrogens is 138 g/mol. The topological polar surface area (TPSA) is 40.7 Å². The van der Waals surface area contributed by atoms with E-state index < -0.39 is 0 Å². The van der Waals surface area contributed by atoms with E-state index in [0.717, 1.165) is 12.2 Å². The summed E-state index contributed by atoms with van der Waals surface area (Å²) in [7, 11) is 0. The van der Waals surface area contributed by atoms with E-state index in [1.54, 1.807) is 6.20 Å². The van der Waals surface area contributed by atoms with Crippen LogP contribution in [0.5, 0.6) is 0 Å². The lowest BCUT2D eigenvalue weighted by Gasteiger charge is -1.95. The fraction of sp³-hybridized carbons (Fsp3) is 0.400. The Morgan fingerprint density at radius 3 is 3.11 bits per heavy atom. The molecule has 0 bridgehead atoms. The summed E-state index contributed by atoms with van der Waals surface area (Å²) in [6.07, 6.45) is 1.66. The Hall–Kier alpha value is -0.700. The highest BCUT2D eigenvalue weighted by Gasteiger charge is 1.96. The Morgan fingerprint density at radius 2 is 2.67 bits per heavy atom. The Balaban J connectivity index is 2.69. The molecule has 0 aliphatic rings. The van der Waals surface area contributed by atoms with Crippen LogP contribution < -0.4 is 5.32 Å². The van der Waals surface area contributed by atoms with Crippen LogP contribution in [0.15, 0.2) is 6.20 Å². The third-order valence-corrected chi connectivity index (χ3v) is 1.25. The lowest BCUT2D eigenvalue weighted by Crippen LogP contribution is -1.94. The van der Waals surface area contributed by atoms with Gasteiger partial charge in [-0.15, -0.1) is 0 Å². The van der Waals surface area contributed by atoms with E-state index in [1.165, 1.54) is 0 Å². The van der Waals surface area contributed by atoms with Crippen molar-refractivity contribution in [1.82, 2.24) is 10.2 Å². The maximum absolute atomic E-state index is 5.64. The largest absolute Gasteiger partial charge is 0.382 e. The highest BCUT2D eigenvalue weighted by atomic mass is 35.5. The predicted octanol–water partition coefficient (Wildman–Crippen LogP) is 1.49. The molecule has 0 unspecified atom stereocenters. The van der Waals surface area contributed by atoms with Gasteiger partial charge in [-0.25, -0.2) is 0 Å². The average molecular weight is 146 g/mol. The number of halogens is 1. The van der Waals surface area contributed by atoms with E-state index in [9.17, 15) is 0 Å². The van der Waals surface area contributed by atoms with Crippen molar-refractivity contribution in [3.05, 3.63) is 11.3 Å². The van der Waals surface area contributed by atoms with Crippen molar-refractivity contribution in [3.63, 3.8) is 0 Å². The molecule has 1 rings (SSSR count). The molecule has 0 saturated heterocycles. The molecule has 1 aromatic rings. The van der Waals surface area contributed by atoms with Crippen LogP contribution in [0.25, 0.3) is 0 Å². The summed E-state index contributed by atoms with van der Waals surface area (Å²) in [5.41, 5.74) is 0.860. The highest BCUT2D eigenvalue weighted by Crippen LogP contribution is 2.15. The molecule has 50 valence electrons. The lowest BCUT2D eigenvalue weighted by atomic mass is 10.5. The molecule has 0 aliphatic heterocycles. The second kappa shape index (κ2) is 2.73. The summed E-state index contributed by atoms with van der Waals surface area (Å²) in [5, 5.41) is 9.92. The fourth-order valence-corrected chi connectivity index (χ4v) is 0.748. The van der Waals surface area contributed by atoms with Crippen molar-refractivity contribution in [2.75, 3.05) is 11.9 Å². The van der Waals surface area contributed by atoms with Crippen LogP contribution >= 0.6 is 11.6 Å². The van der Waals surface area contributed by atoms with Crippen molar-refractivity contribution in [1.29, 1.82) is 0 Å². The second-order valence-electron chi connectivity index (χ2n) is 1.63. The van der Waals surface area contributed by atoms with Crippen LogP contribution in [0.4, 0.5) is 5.69 Å². The summed E-state index contributed by atoms with van der Waals surface area (Å²) in [4.78, 5) is 0. The first-order chi connectivity index (χ1) is 4.34. The minimum Gasteiger partial charge on any atom is -0.382 e. The quantitative estimate of drug-likeness (QED) is 0.662. The zero-order valence-corrected chi connectivity index (χ0v) is 5.87. The summed E-state index contributed by atoms with van der Waals surface area (Å²) >= 11 is 5.64. The minimum atomic E-state index is 0.567. The van der Waals surface area contributed by atoms with E-state index in [4.69, 9.17) is 11.6 Å². The first-order valence-corrected chi connectivity index (χ1v) is 3.15. The Morgan fingerprint density at radius 1 is 1.89 bits per heavy atom. The van der Waals surface area contributed by atoms with Gasteiger partial charge in [-0.1, -0.05) is 11.6 Å². The number of nitrogens with zero attached hydrogens (tertiary/aromatic N) is 1. The Kier molecular flexibility index (Phi) is 1.95. The number of rotatable bonds is 2. The van der Waals surface area contributed by atoms with Crippen LogP contribution in [-0.4, -0.2) is 16.7 Å². The third kappa shape index (κ3) is 1.36. The van der Waals surface area contributed by atoms with E-state index >= 15 is 0 Å². The molecule has 4 heteroatoms. The van der Waals surface area contributed by atoms with Gasteiger partial charge in [-0.2, -0.15) is 5.10 Å². The molecule has 0 amide bonds. The van der Waals surface area contributed by atoms with Gasteiger partial charge in [0.05, 0.1) is 11.9 Å². The third-order valence-electron chi connectivity index (χ3n) is 0.960. The van der Waals surface area contributed by atoms with Gasteiger partial charge in [0.15, 0.2) is 0 Å². The fourth-order valence-electron chi connectivity index (χ4n) is 0.584. The highest BCUT2D eigenvalue weighted by molar-refractivity contribution is 6.31. The molecule has 2 N–H and O–H groups in total. The molecular formula is C5H8ClN3. The normalized spacial score (nSPS) is 9.56. The van der Waals surface area contributed by atoms with Crippen molar-refractivity contribution in [2.45, 2.75) is 6.92 Å². The van der Waals surface area contributed by atoms with Crippen molar-refractivity contribution in [2.24, 2.45) is 0 Å². The maximum Gasteiger partial charge on any atom is 0.147 e. The summed E-state index contributed by atoms with van der Waals surface area (Å²) < 4.78 is 0. The van der Waals surface area contributed by atoms with Gasteiger partial charge in [0.2, 0.25) is 0 Å². The average Bonchev–Trinajstić information content (AvgIpc) is 2.18. The first-order valence-electron chi connectivity index (χ1n) is 2.77. The van der Waals surface area contributed by atoms with E-state index in [-0.39, 0.29) is 0 Å². The van der Waals surface area contributed by atoms with Crippen molar-refractivity contribution >= 4 is 17.3 Å². The number of H-pyrrole nitrogens is 1. The van der Waals surface area contributed by atoms with Gasteiger partial charge in [0.1, 0.15) is 5.15 Å². The molecule has 0 saturated carbocycles. The van der Waals surface area contributed by atoms with Gasteiger partial charge in [-0.05, 0) is 6.92 Å². The van der Waals surface area contributed by atoms with Crippen LogP contribution in [0, 0.1) is 0 Å². The maximum atomic E-state index is 5.64. The summed E-state index contributed by atoms with van der Waals surface area (Å²) in [6.45, 7) is 2.86. The molecule has 0 aliphatic carbocycles. The van der Waals surface area contributed by atoms with Crippen molar-refractivity contribution in [3.8, 4) is 0 Å². The standard InChI is InChI=1S/C5H8ClN3/c1-2-7-4-3-8-9-5(4)6/h3,7H,2H2,1H3,(H,8,9). The molecule has 0 radical (unpaired) electrons. The number of hydrogen-bond donors (Lipinski definition) is 2. The lowest BCUT2D eigenvalue weighted by molar-refractivity contribution is 1.09. The molecule has 3 nitrogen and oxygen atoms in total. The van der Waals surface area contributed by atoms with E-state index in [1.807, 2.05) is 6.92 Å². The molecule has 0 fully saturated rings. The van der Waals surface area contributed by atoms with Crippen LogP contribution in [0.3, 0.4) is 0 Å². The van der Waals surface area contributed by atoms with E-state index in [0.29, 0.717) is 5.15 Å². The van der Waals surface area contributed by atoms with Gasteiger partial charge < -0.3 is 5.32 Å². The van der Waals surface area contributed by atoms with Crippen LogP contribution in [0.1, 0.15) is 6.92 Å². The molecule has 0 aromatic carbocycles. The SMILES string of the molecule is CCNc1cn[nH]c1Cl. The Labute approximate surface area is 58.4 Å². The molecule has 1 heterocycles. The molecule has 0 spiro atoms. The number of aromatic amines is 1. The second-order valence-corrected chi connectivity index (χ2v) is 2.01. The van der Waals surface area contributed by atoms with Crippen molar-refractivity contribution < 1.29 is 0 Å².